The van der Waals surface area contributed by atoms with E-state index in [2.05, 4.69) is 5.32 Å². The number of rotatable bonds is 4. The Morgan fingerprint density at radius 2 is 1.75 bits per heavy atom. The molecule has 1 aliphatic rings. The largest absolute Gasteiger partial charge is 0.321 e. The van der Waals surface area contributed by atoms with Crippen molar-refractivity contribution in [2.75, 3.05) is 5.32 Å². The van der Waals surface area contributed by atoms with Gasteiger partial charge in [-0.05, 0) is 75.4 Å². The predicted molar refractivity (Wildman–Crippen MR) is 129 cm³/mol. The number of fused-ring (bicyclic) bond motifs is 1. The van der Waals surface area contributed by atoms with Crippen LogP contribution in [0.2, 0.25) is 5.02 Å². The maximum absolute atomic E-state index is 13.5. The molecule has 1 amide bonds. The fourth-order valence-electron chi connectivity index (χ4n) is 4.26. The van der Waals surface area contributed by atoms with Gasteiger partial charge in [0, 0.05) is 22.3 Å². The van der Waals surface area contributed by atoms with Crippen molar-refractivity contribution in [2.24, 2.45) is 0 Å². The maximum Gasteiger partial charge on any atom is 0.256 e. The van der Waals surface area contributed by atoms with Gasteiger partial charge in [0.1, 0.15) is 0 Å². The van der Waals surface area contributed by atoms with Gasteiger partial charge in [0.2, 0.25) is 0 Å². The van der Waals surface area contributed by atoms with Crippen LogP contribution in [0.4, 0.5) is 5.69 Å². The summed E-state index contributed by atoms with van der Waals surface area (Å²) in [5.41, 5.74) is 7.75. The van der Waals surface area contributed by atoms with E-state index < -0.39 is 0 Å². The zero-order chi connectivity index (χ0) is 22.6. The Kier molecular flexibility index (Phi) is 5.01. The molecule has 2 heterocycles. The molecule has 2 aromatic heterocycles. The molecule has 0 radical (unpaired) electrons. The molecule has 2 aromatic carbocycles. The summed E-state index contributed by atoms with van der Waals surface area (Å²) < 4.78 is 1.83. The van der Waals surface area contributed by atoms with Crippen LogP contribution in [0.1, 0.15) is 57.2 Å². The standard InChI is InChI=1S/C26H25ClN4O/c1-14-7-5-8-15(2)24(14)29-26(32)19-13-21(18-11-12-18)28-25-23(19)17(4)30-31(25)22-10-6-9-20(27)16(22)3/h5-10,13,18H,11-12H2,1-4H3,(H,29,32). The number of aromatic nitrogens is 3. The molecule has 6 heteroatoms. The molecule has 5 rings (SSSR count). The molecular formula is C26H25ClN4O. The van der Waals surface area contributed by atoms with Crippen LogP contribution in [-0.2, 0) is 0 Å². The number of hydrogen-bond donors (Lipinski definition) is 1. The molecule has 0 unspecified atom stereocenters. The van der Waals surface area contributed by atoms with Gasteiger partial charge in [-0.1, -0.05) is 35.9 Å². The second-order valence-corrected chi connectivity index (χ2v) is 9.08. The number of carbonyl (C=O) groups excluding carboxylic acids is 1. The number of nitrogens with one attached hydrogen (secondary N) is 1. The minimum Gasteiger partial charge on any atom is -0.321 e. The lowest BCUT2D eigenvalue weighted by Gasteiger charge is -2.13. The monoisotopic (exact) mass is 444 g/mol. The lowest BCUT2D eigenvalue weighted by atomic mass is 10.1. The Morgan fingerprint density at radius 3 is 2.44 bits per heavy atom. The number of benzene rings is 2. The van der Waals surface area contributed by atoms with E-state index >= 15 is 0 Å². The predicted octanol–water partition coefficient (Wildman–Crippen LogP) is 6.44. The SMILES string of the molecule is Cc1cccc(C)c1NC(=O)c1cc(C2CC2)nc2c1c(C)nn2-c1cccc(Cl)c1C. The zero-order valence-corrected chi connectivity index (χ0v) is 19.4. The van der Waals surface area contributed by atoms with Gasteiger partial charge in [-0.15, -0.1) is 0 Å². The molecule has 0 saturated heterocycles. The van der Waals surface area contributed by atoms with Crippen LogP contribution in [-0.4, -0.2) is 20.7 Å². The van der Waals surface area contributed by atoms with Gasteiger partial charge in [0.05, 0.1) is 22.3 Å². The van der Waals surface area contributed by atoms with Gasteiger partial charge in [-0.2, -0.15) is 5.10 Å². The van der Waals surface area contributed by atoms with Crippen molar-refractivity contribution in [1.29, 1.82) is 0 Å². The third kappa shape index (κ3) is 3.47. The van der Waals surface area contributed by atoms with Crippen molar-refractivity contribution in [3.8, 4) is 5.69 Å². The molecule has 1 fully saturated rings. The third-order valence-electron chi connectivity index (χ3n) is 6.26. The van der Waals surface area contributed by atoms with Crippen molar-refractivity contribution in [2.45, 2.75) is 46.5 Å². The van der Waals surface area contributed by atoms with Crippen molar-refractivity contribution < 1.29 is 4.79 Å². The van der Waals surface area contributed by atoms with E-state index in [0.717, 1.165) is 57.7 Å². The molecule has 0 spiro atoms. The maximum atomic E-state index is 13.5. The fraction of sp³-hybridized carbons (Fsp3) is 0.269. The van der Waals surface area contributed by atoms with Crippen molar-refractivity contribution in [3.05, 3.63) is 81.1 Å². The summed E-state index contributed by atoms with van der Waals surface area (Å²) in [7, 11) is 0. The van der Waals surface area contributed by atoms with Crippen LogP contribution >= 0.6 is 11.6 Å². The van der Waals surface area contributed by atoms with E-state index in [0.29, 0.717) is 22.2 Å². The van der Waals surface area contributed by atoms with E-state index in [1.165, 1.54) is 0 Å². The van der Waals surface area contributed by atoms with Gasteiger partial charge >= 0.3 is 0 Å². The lowest BCUT2D eigenvalue weighted by molar-refractivity contribution is 0.102. The Bertz CT molecular complexity index is 1360. The molecule has 1 saturated carbocycles. The Morgan fingerprint density at radius 1 is 1.06 bits per heavy atom. The second-order valence-electron chi connectivity index (χ2n) is 8.67. The van der Waals surface area contributed by atoms with Crippen LogP contribution in [0.15, 0.2) is 42.5 Å². The van der Waals surface area contributed by atoms with Gasteiger partial charge in [-0.3, -0.25) is 4.79 Å². The van der Waals surface area contributed by atoms with Crippen molar-refractivity contribution in [1.82, 2.24) is 14.8 Å². The molecule has 0 aliphatic heterocycles. The minimum atomic E-state index is -0.137. The summed E-state index contributed by atoms with van der Waals surface area (Å²) in [6, 6.07) is 13.7. The number of halogens is 1. The number of carbonyl (C=O) groups is 1. The van der Waals surface area contributed by atoms with Crippen LogP contribution in [0.3, 0.4) is 0 Å². The van der Waals surface area contributed by atoms with Gasteiger partial charge in [0.25, 0.3) is 5.91 Å². The fourth-order valence-corrected chi connectivity index (χ4v) is 4.43. The molecule has 1 N–H and O–H groups in total. The first-order chi connectivity index (χ1) is 15.3. The molecule has 0 bridgehead atoms. The Hall–Kier alpha value is -3.18. The molecule has 5 nitrogen and oxygen atoms in total. The van der Waals surface area contributed by atoms with E-state index in [1.54, 1.807) is 0 Å². The number of nitrogens with zero attached hydrogens (tertiary/aromatic N) is 3. The van der Waals surface area contributed by atoms with E-state index in [9.17, 15) is 4.79 Å². The van der Waals surface area contributed by atoms with Crippen molar-refractivity contribution in [3.63, 3.8) is 0 Å². The Labute approximate surface area is 192 Å². The van der Waals surface area contributed by atoms with Gasteiger partial charge < -0.3 is 5.32 Å². The number of hydrogen-bond acceptors (Lipinski definition) is 3. The highest BCUT2D eigenvalue weighted by molar-refractivity contribution is 6.31. The number of para-hydroxylation sites is 1. The third-order valence-corrected chi connectivity index (χ3v) is 6.67. The van der Waals surface area contributed by atoms with Crippen molar-refractivity contribution >= 4 is 34.2 Å². The smallest absolute Gasteiger partial charge is 0.256 e. The number of aryl methyl sites for hydroxylation is 3. The molecule has 1 aliphatic carbocycles. The Balaban J connectivity index is 1.70. The van der Waals surface area contributed by atoms with Crippen LogP contribution < -0.4 is 5.32 Å². The summed E-state index contributed by atoms with van der Waals surface area (Å²) in [6.07, 6.45) is 2.19. The zero-order valence-electron chi connectivity index (χ0n) is 18.7. The summed E-state index contributed by atoms with van der Waals surface area (Å²) in [5.74, 6) is 0.262. The normalized spacial score (nSPS) is 13.5. The van der Waals surface area contributed by atoms with Crippen LogP contribution in [0.5, 0.6) is 0 Å². The summed E-state index contributed by atoms with van der Waals surface area (Å²) in [6.45, 7) is 7.91. The van der Waals surface area contributed by atoms with E-state index in [4.69, 9.17) is 21.7 Å². The second kappa shape index (κ2) is 7.75. The first-order valence-corrected chi connectivity index (χ1v) is 11.3. The number of pyridine rings is 1. The molecular weight excluding hydrogens is 420 g/mol. The molecule has 0 atom stereocenters. The van der Waals surface area contributed by atoms with E-state index in [-0.39, 0.29) is 5.91 Å². The minimum absolute atomic E-state index is 0.137. The summed E-state index contributed by atoms with van der Waals surface area (Å²) >= 11 is 6.39. The lowest BCUT2D eigenvalue weighted by Crippen LogP contribution is -2.15. The van der Waals surface area contributed by atoms with E-state index in [1.807, 2.05) is 74.8 Å². The summed E-state index contributed by atoms with van der Waals surface area (Å²) in [5, 5.41) is 9.38. The first-order valence-electron chi connectivity index (χ1n) is 10.9. The number of amides is 1. The first kappa shape index (κ1) is 20.7. The van der Waals surface area contributed by atoms with Gasteiger partial charge in [-0.25, -0.2) is 9.67 Å². The van der Waals surface area contributed by atoms with Gasteiger partial charge in [0.15, 0.2) is 5.65 Å². The van der Waals surface area contributed by atoms with Crippen LogP contribution in [0, 0.1) is 27.7 Å². The highest BCUT2D eigenvalue weighted by Gasteiger charge is 2.29. The molecule has 162 valence electrons. The quantitative estimate of drug-likeness (QED) is 0.394. The molecule has 4 aromatic rings. The topological polar surface area (TPSA) is 59.8 Å². The highest BCUT2D eigenvalue weighted by Crippen LogP contribution is 2.41. The molecule has 32 heavy (non-hydrogen) atoms. The van der Waals surface area contributed by atoms with Crippen LogP contribution in [0.25, 0.3) is 16.7 Å². The average Bonchev–Trinajstić information content (AvgIpc) is 3.56. The average molecular weight is 445 g/mol. The summed E-state index contributed by atoms with van der Waals surface area (Å²) in [4.78, 5) is 18.5. The highest BCUT2D eigenvalue weighted by atomic mass is 35.5. The number of anilines is 1.